The quantitative estimate of drug-likeness (QED) is 0.898. The van der Waals surface area contributed by atoms with E-state index in [0.29, 0.717) is 16.7 Å². The van der Waals surface area contributed by atoms with Crippen LogP contribution >= 0.6 is 11.6 Å². The molecule has 20 heavy (non-hydrogen) atoms. The van der Waals surface area contributed by atoms with Gasteiger partial charge in [-0.15, -0.1) is 0 Å². The van der Waals surface area contributed by atoms with Gasteiger partial charge in [0.25, 0.3) is 0 Å². The number of hydrogen-bond acceptors (Lipinski definition) is 3. The third-order valence-electron chi connectivity index (χ3n) is 4.40. The Balaban J connectivity index is 1.87. The maximum Gasteiger partial charge on any atom is 0.179 e. The van der Waals surface area contributed by atoms with Gasteiger partial charge < -0.3 is 14.8 Å². The number of rotatable bonds is 5. The lowest BCUT2D eigenvalue weighted by Gasteiger charge is -2.26. The first-order chi connectivity index (χ1) is 9.62. The van der Waals surface area contributed by atoms with Crippen molar-refractivity contribution in [3.05, 3.63) is 22.7 Å². The van der Waals surface area contributed by atoms with Crippen LogP contribution in [0.4, 0.5) is 0 Å². The summed E-state index contributed by atoms with van der Waals surface area (Å²) in [7, 11) is 1.67. The molecule has 4 heteroatoms. The fourth-order valence-corrected chi connectivity index (χ4v) is 3.07. The minimum atomic E-state index is -0.00799. The maximum absolute atomic E-state index is 6.42. The lowest BCUT2D eigenvalue weighted by Crippen LogP contribution is -2.33. The molecule has 3 nitrogen and oxygen atoms in total. The Morgan fingerprint density at radius 3 is 2.80 bits per heavy atom. The van der Waals surface area contributed by atoms with Crippen molar-refractivity contribution in [2.75, 3.05) is 20.3 Å². The summed E-state index contributed by atoms with van der Waals surface area (Å²) in [6.45, 7) is 4.01. The predicted octanol–water partition coefficient (Wildman–Crippen LogP) is 3.74. The van der Waals surface area contributed by atoms with E-state index in [4.69, 9.17) is 21.1 Å². The molecule has 1 heterocycles. The van der Waals surface area contributed by atoms with Crippen molar-refractivity contribution in [2.24, 2.45) is 5.92 Å². The molecule has 1 aliphatic carbocycles. The van der Waals surface area contributed by atoms with Crippen LogP contribution in [0.15, 0.2) is 12.1 Å². The van der Waals surface area contributed by atoms with Crippen LogP contribution in [-0.4, -0.2) is 20.3 Å². The molecule has 110 valence electrons. The molecule has 1 aliphatic heterocycles. The van der Waals surface area contributed by atoms with Gasteiger partial charge in [-0.2, -0.15) is 0 Å². The smallest absolute Gasteiger partial charge is 0.179 e. The zero-order valence-electron chi connectivity index (χ0n) is 12.2. The zero-order chi connectivity index (χ0) is 14.2. The van der Waals surface area contributed by atoms with Crippen molar-refractivity contribution in [3.63, 3.8) is 0 Å². The summed E-state index contributed by atoms with van der Waals surface area (Å²) in [6.07, 6.45) is 4.84. The van der Waals surface area contributed by atoms with Crippen molar-refractivity contribution in [1.29, 1.82) is 0 Å². The molecule has 2 fully saturated rings. The van der Waals surface area contributed by atoms with Crippen LogP contribution < -0.4 is 14.8 Å². The molecule has 1 unspecified atom stereocenters. The van der Waals surface area contributed by atoms with E-state index in [9.17, 15) is 0 Å². The molecule has 0 amide bonds. The monoisotopic (exact) mass is 295 g/mol. The van der Waals surface area contributed by atoms with Crippen LogP contribution in [0.1, 0.15) is 38.2 Å². The zero-order valence-corrected chi connectivity index (χ0v) is 12.9. The van der Waals surface area contributed by atoms with Crippen LogP contribution in [0.2, 0.25) is 5.02 Å². The lowest BCUT2D eigenvalue weighted by molar-refractivity contribution is 0.280. The van der Waals surface area contributed by atoms with Crippen LogP contribution in [0.5, 0.6) is 11.5 Å². The molecule has 0 bridgehead atoms. The van der Waals surface area contributed by atoms with Gasteiger partial charge in [0, 0.05) is 5.54 Å². The van der Waals surface area contributed by atoms with Gasteiger partial charge in [0.15, 0.2) is 11.5 Å². The Bertz CT molecular complexity index is 493. The molecule has 1 saturated carbocycles. The van der Waals surface area contributed by atoms with E-state index in [0.717, 1.165) is 25.3 Å². The van der Waals surface area contributed by atoms with Gasteiger partial charge in [0.2, 0.25) is 0 Å². The van der Waals surface area contributed by atoms with E-state index in [2.05, 4.69) is 18.3 Å². The molecular formula is C16H22ClNO2. The average Bonchev–Trinajstić information content (AvgIpc) is 3.16. The van der Waals surface area contributed by atoms with E-state index >= 15 is 0 Å². The summed E-state index contributed by atoms with van der Waals surface area (Å²) < 4.78 is 11.3. The highest BCUT2D eigenvalue weighted by atomic mass is 35.5. The Hall–Kier alpha value is -0.930. The SMILES string of the molecule is COc1cc(C2(C)CCCN2)cc(Cl)c1OCC1CC1. The summed E-state index contributed by atoms with van der Waals surface area (Å²) in [5.41, 5.74) is 1.17. The topological polar surface area (TPSA) is 30.5 Å². The molecule has 0 spiro atoms. The first kappa shape index (κ1) is 14.0. The summed E-state index contributed by atoms with van der Waals surface area (Å²) in [6, 6.07) is 4.08. The number of benzene rings is 1. The van der Waals surface area contributed by atoms with Gasteiger partial charge in [0.05, 0.1) is 18.7 Å². The summed E-state index contributed by atoms with van der Waals surface area (Å²) in [5.74, 6) is 2.12. The molecule has 1 aromatic rings. The van der Waals surface area contributed by atoms with Crippen molar-refractivity contribution >= 4 is 11.6 Å². The number of hydrogen-bond donors (Lipinski definition) is 1. The Morgan fingerprint density at radius 1 is 1.40 bits per heavy atom. The molecule has 1 saturated heterocycles. The van der Waals surface area contributed by atoms with Gasteiger partial charge in [-0.05, 0) is 62.8 Å². The first-order valence-electron chi connectivity index (χ1n) is 7.38. The molecule has 1 aromatic carbocycles. The minimum absolute atomic E-state index is 0.00799. The van der Waals surface area contributed by atoms with Crippen LogP contribution in [-0.2, 0) is 5.54 Å². The maximum atomic E-state index is 6.42. The summed E-state index contributed by atoms with van der Waals surface area (Å²) in [4.78, 5) is 0. The second-order valence-electron chi connectivity index (χ2n) is 6.11. The van der Waals surface area contributed by atoms with Crippen molar-refractivity contribution in [3.8, 4) is 11.5 Å². The first-order valence-corrected chi connectivity index (χ1v) is 7.76. The number of ether oxygens (including phenoxy) is 2. The van der Waals surface area contributed by atoms with Crippen LogP contribution in [0.25, 0.3) is 0 Å². The minimum Gasteiger partial charge on any atom is -0.493 e. The Kier molecular flexibility index (Phi) is 3.83. The van der Waals surface area contributed by atoms with E-state index in [-0.39, 0.29) is 5.54 Å². The highest BCUT2D eigenvalue weighted by Gasteiger charge is 2.32. The molecular weight excluding hydrogens is 274 g/mol. The standard InChI is InChI=1S/C16H22ClNO2/c1-16(6-3-7-18-16)12-8-13(17)15(14(9-12)19-2)20-10-11-4-5-11/h8-9,11,18H,3-7,10H2,1-2H3. The number of nitrogens with one attached hydrogen (secondary N) is 1. The van der Waals surface area contributed by atoms with Gasteiger partial charge in [-0.1, -0.05) is 11.6 Å². The van der Waals surface area contributed by atoms with Crippen molar-refractivity contribution < 1.29 is 9.47 Å². The second kappa shape index (κ2) is 5.45. The third kappa shape index (κ3) is 2.75. The Labute approximate surface area is 125 Å². The molecule has 1 N–H and O–H groups in total. The van der Waals surface area contributed by atoms with Gasteiger partial charge in [-0.3, -0.25) is 0 Å². The second-order valence-corrected chi connectivity index (χ2v) is 6.51. The average molecular weight is 296 g/mol. The van der Waals surface area contributed by atoms with Crippen molar-refractivity contribution in [1.82, 2.24) is 5.32 Å². The van der Waals surface area contributed by atoms with Gasteiger partial charge >= 0.3 is 0 Å². The summed E-state index contributed by atoms with van der Waals surface area (Å²) in [5, 5.41) is 4.20. The normalized spacial score (nSPS) is 25.8. The Morgan fingerprint density at radius 2 is 2.20 bits per heavy atom. The number of methoxy groups -OCH3 is 1. The molecule has 0 radical (unpaired) electrons. The molecule has 1 atom stereocenters. The van der Waals surface area contributed by atoms with Crippen LogP contribution in [0.3, 0.4) is 0 Å². The molecule has 3 rings (SSSR count). The third-order valence-corrected chi connectivity index (χ3v) is 4.68. The van der Waals surface area contributed by atoms with Gasteiger partial charge in [-0.25, -0.2) is 0 Å². The lowest BCUT2D eigenvalue weighted by atomic mass is 9.90. The largest absolute Gasteiger partial charge is 0.493 e. The predicted molar refractivity (Wildman–Crippen MR) is 80.8 cm³/mol. The summed E-state index contributed by atoms with van der Waals surface area (Å²) >= 11 is 6.42. The number of halogens is 1. The van der Waals surface area contributed by atoms with E-state index in [1.807, 2.05) is 6.07 Å². The van der Waals surface area contributed by atoms with E-state index in [1.54, 1.807) is 7.11 Å². The highest BCUT2D eigenvalue weighted by Crippen LogP contribution is 2.42. The van der Waals surface area contributed by atoms with E-state index in [1.165, 1.54) is 24.8 Å². The van der Waals surface area contributed by atoms with Crippen LogP contribution in [0, 0.1) is 5.92 Å². The van der Waals surface area contributed by atoms with Crippen molar-refractivity contribution in [2.45, 2.75) is 38.1 Å². The fraction of sp³-hybridized carbons (Fsp3) is 0.625. The highest BCUT2D eigenvalue weighted by molar-refractivity contribution is 6.32. The molecule has 0 aromatic heterocycles. The molecule has 2 aliphatic rings. The van der Waals surface area contributed by atoms with E-state index < -0.39 is 0 Å². The fourth-order valence-electron chi connectivity index (χ4n) is 2.81. The van der Waals surface area contributed by atoms with Gasteiger partial charge in [0.1, 0.15) is 0 Å².